The quantitative estimate of drug-likeness (QED) is 0.372. The fourth-order valence-corrected chi connectivity index (χ4v) is 4.61. The van der Waals surface area contributed by atoms with Crippen molar-refractivity contribution < 1.29 is 19.6 Å². The minimum atomic E-state index is -1.18. The Hall–Kier alpha value is -2.28. The summed E-state index contributed by atoms with van der Waals surface area (Å²) < 4.78 is 7.05. The van der Waals surface area contributed by atoms with E-state index in [1.54, 1.807) is 13.0 Å². The van der Waals surface area contributed by atoms with Crippen LogP contribution in [0.25, 0.3) is 0 Å². The van der Waals surface area contributed by atoms with Gasteiger partial charge in [0.15, 0.2) is 5.82 Å². The molecule has 1 atom stereocenters. The average Bonchev–Trinajstić information content (AvgIpc) is 3.03. The summed E-state index contributed by atoms with van der Waals surface area (Å²) in [4.78, 5) is 13.8. The van der Waals surface area contributed by atoms with Gasteiger partial charge in [-0.15, -0.1) is 10.2 Å². The van der Waals surface area contributed by atoms with Crippen LogP contribution in [-0.4, -0.2) is 74.3 Å². The molecule has 1 saturated heterocycles. The largest absolute Gasteiger partial charge is 0.537 e. The minimum Gasteiger partial charge on any atom is -0.535 e. The van der Waals surface area contributed by atoms with Crippen molar-refractivity contribution in [3.63, 3.8) is 0 Å². The molecule has 1 aromatic heterocycles. The molecular formula is C17H23BN6O4S. The number of hydrogen-bond acceptors (Lipinski definition) is 9. The Kier molecular flexibility index (Phi) is 5.68. The second kappa shape index (κ2) is 8.23. The van der Waals surface area contributed by atoms with Crippen molar-refractivity contribution >= 4 is 24.8 Å². The van der Waals surface area contributed by atoms with Crippen LogP contribution >= 0.6 is 11.8 Å². The van der Waals surface area contributed by atoms with E-state index in [-0.39, 0.29) is 16.5 Å². The van der Waals surface area contributed by atoms with Gasteiger partial charge in [-0.1, -0.05) is 23.9 Å². The lowest BCUT2D eigenvalue weighted by atomic mass is 9.77. The van der Waals surface area contributed by atoms with Crippen molar-refractivity contribution in [2.24, 2.45) is 0 Å². The lowest BCUT2D eigenvalue weighted by Gasteiger charge is -2.28. The Morgan fingerprint density at radius 2 is 2.17 bits per heavy atom. The van der Waals surface area contributed by atoms with E-state index in [2.05, 4.69) is 20.4 Å². The fraction of sp³-hybridized carbons (Fsp3) is 0.471. The summed E-state index contributed by atoms with van der Waals surface area (Å²) in [5, 5.41) is 31.7. The van der Waals surface area contributed by atoms with E-state index in [0.717, 1.165) is 31.7 Å². The molecule has 29 heavy (non-hydrogen) atoms. The van der Waals surface area contributed by atoms with E-state index < -0.39 is 13.1 Å². The summed E-state index contributed by atoms with van der Waals surface area (Å²) in [6.07, 6.45) is 0.432. The number of aromatic carboxylic acids is 1. The second-order valence-electron chi connectivity index (χ2n) is 7.21. The third kappa shape index (κ3) is 4.06. The first-order chi connectivity index (χ1) is 13.9. The van der Waals surface area contributed by atoms with Crippen LogP contribution in [0.5, 0.6) is 5.75 Å². The monoisotopic (exact) mass is 418 g/mol. The summed E-state index contributed by atoms with van der Waals surface area (Å²) in [5.41, 5.74) is 1.42. The molecule has 1 aromatic carbocycles. The number of nitrogens with two attached hydrogens (primary N) is 1. The number of nitrogen functional groups attached to an aromatic ring is 1. The normalized spacial score (nSPS) is 19.7. The van der Waals surface area contributed by atoms with E-state index in [0.29, 0.717) is 29.5 Å². The second-order valence-corrected chi connectivity index (χ2v) is 8.42. The maximum Gasteiger partial charge on any atom is 0.537 e. The first-order valence-corrected chi connectivity index (χ1v) is 10.3. The van der Waals surface area contributed by atoms with E-state index in [4.69, 9.17) is 10.5 Å². The maximum atomic E-state index is 11.6. The van der Waals surface area contributed by atoms with Crippen LogP contribution < -0.4 is 15.8 Å². The molecule has 0 unspecified atom stereocenters. The standard InChI is InChI=1S/C17H23BN6O4S/c1-10-2-3-11-8-12(18(27)28-15(11)14(10)16(25)26)29-17-22-21-13(24(17)19)9-23-6-4-20-5-7-23/h2-3,12,20,27H,4-9,19H2,1H3,(H,25,26)/t12-/m0/s1. The number of fused-ring (bicyclic) bond motifs is 1. The number of carboxylic acids is 1. The molecule has 154 valence electrons. The summed E-state index contributed by atoms with van der Waals surface area (Å²) in [7, 11) is -1.18. The molecule has 0 spiro atoms. The van der Waals surface area contributed by atoms with Crippen LogP contribution in [0.3, 0.4) is 0 Å². The predicted molar refractivity (Wildman–Crippen MR) is 108 cm³/mol. The fourth-order valence-electron chi connectivity index (χ4n) is 3.60. The number of hydrogen-bond donors (Lipinski definition) is 4. The number of nitrogens with zero attached hydrogens (tertiary/aromatic N) is 4. The van der Waals surface area contributed by atoms with Crippen LogP contribution in [0, 0.1) is 6.92 Å². The van der Waals surface area contributed by atoms with Gasteiger partial charge in [0.05, 0.1) is 11.7 Å². The zero-order chi connectivity index (χ0) is 20.5. The van der Waals surface area contributed by atoms with Gasteiger partial charge >= 0.3 is 13.1 Å². The SMILES string of the molecule is Cc1ccc2c(c1C(=O)O)OB(O)[C@@H](Sc1nnc(CN3CCNCC3)n1N)C2. The molecule has 12 heteroatoms. The number of benzene rings is 1. The van der Waals surface area contributed by atoms with E-state index in [9.17, 15) is 14.9 Å². The molecule has 0 radical (unpaired) electrons. The van der Waals surface area contributed by atoms with Gasteiger partial charge in [-0.2, -0.15) is 0 Å². The highest BCUT2D eigenvalue weighted by atomic mass is 32.2. The van der Waals surface area contributed by atoms with Gasteiger partial charge in [-0.05, 0) is 24.5 Å². The van der Waals surface area contributed by atoms with Gasteiger partial charge < -0.3 is 25.9 Å². The van der Waals surface area contributed by atoms with Crippen LogP contribution in [0.4, 0.5) is 0 Å². The van der Waals surface area contributed by atoms with Gasteiger partial charge in [0, 0.05) is 26.2 Å². The molecular weight excluding hydrogens is 395 g/mol. The Labute approximate surface area is 172 Å². The van der Waals surface area contributed by atoms with Crippen LogP contribution in [-0.2, 0) is 13.0 Å². The van der Waals surface area contributed by atoms with Crippen LogP contribution in [0.1, 0.15) is 27.3 Å². The number of thioether (sulfide) groups is 1. The van der Waals surface area contributed by atoms with Crippen LogP contribution in [0.2, 0.25) is 0 Å². The Balaban J connectivity index is 1.49. The number of piperazine rings is 1. The smallest absolute Gasteiger partial charge is 0.535 e. The topological polar surface area (TPSA) is 139 Å². The summed E-state index contributed by atoms with van der Waals surface area (Å²) >= 11 is 1.28. The van der Waals surface area contributed by atoms with E-state index >= 15 is 0 Å². The highest BCUT2D eigenvalue weighted by Gasteiger charge is 2.39. The molecule has 4 rings (SSSR count). The Morgan fingerprint density at radius 1 is 1.41 bits per heavy atom. The zero-order valence-corrected chi connectivity index (χ0v) is 16.9. The van der Waals surface area contributed by atoms with Gasteiger partial charge in [-0.3, -0.25) is 4.90 Å². The number of aromatic nitrogens is 3. The zero-order valence-electron chi connectivity index (χ0n) is 16.0. The van der Waals surface area contributed by atoms with Gasteiger partial charge in [-0.25, -0.2) is 9.47 Å². The first-order valence-electron chi connectivity index (χ1n) is 9.43. The number of nitrogens with one attached hydrogen (secondary N) is 1. The van der Waals surface area contributed by atoms with Crippen molar-refractivity contribution in [2.45, 2.75) is 30.2 Å². The third-order valence-corrected chi connectivity index (χ3v) is 6.40. The molecule has 2 aliphatic rings. The molecule has 0 aliphatic carbocycles. The Bertz CT molecular complexity index is 920. The summed E-state index contributed by atoms with van der Waals surface area (Å²) in [6.45, 7) is 6.03. The van der Waals surface area contributed by atoms with Crippen molar-refractivity contribution in [3.8, 4) is 5.75 Å². The molecule has 1 fully saturated rings. The molecule has 2 aromatic rings. The maximum absolute atomic E-state index is 11.6. The molecule has 0 bridgehead atoms. The van der Waals surface area contributed by atoms with Crippen molar-refractivity contribution in [1.29, 1.82) is 0 Å². The predicted octanol–water partition coefficient (Wildman–Crippen LogP) is -0.481. The number of carboxylic acid groups (broad SMARTS) is 1. The van der Waals surface area contributed by atoms with Crippen LogP contribution in [0.15, 0.2) is 17.3 Å². The molecule has 0 saturated carbocycles. The lowest BCUT2D eigenvalue weighted by molar-refractivity contribution is 0.0693. The lowest BCUT2D eigenvalue weighted by Crippen LogP contribution is -2.43. The third-order valence-electron chi connectivity index (χ3n) is 5.21. The molecule has 2 aliphatic heterocycles. The van der Waals surface area contributed by atoms with Gasteiger partial charge in [0.25, 0.3) is 0 Å². The van der Waals surface area contributed by atoms with Crippen molar-refractivity contribution in [2.75, 3.05) is 32.0 Å². The minimum absolute atomic E-state index is 0.0882. The Morgan fingerprint density at radius 3 is 2.90 bits per heavy atom. The molecule has 3 heterocycles. The first kappa shape index (κ1) is 20.0. The number of carbonyl (C=O) groups is 1. The highest BCUT2D eigenvalue weighted by molar-refractivity contribution is 8.01. The van der Waals surface area contributed by atoms with E-state index in [1.807, 2.05) is 6.07 Å². The molecule has 5 N–H and O–H groups in total. The average molecular weight is 418 g/mol. The molecule has 0 amide bonds. The summed E-state index contributed by atoms with van der Waals surface area (Å²) in [5.74, 6) is 6.01. The molecule has 10 nitrogen and oxygen atoms in total. The van der Waals surface area contributed by atoms with Crippen molar-refractivity contribution in [3.05, 3.63) is 34.6 Å². The number of aryl methyl sites for hydroxylation is 1. The van der Waals surface area contributed by atoms with Gasteiger partial charge in [0.2, 0.25) is 5.16 Å². The summed E-state index contributed by atoms with van der Waals surface area (Å²) in [6, 6.07) is 3.58. The van der Waals surface area contributed by atoms with E-state index in [1.165, 1.54) is 16.4 Å². The van der Waals surface area contributed by atoms with Crippen molar-refractivity contribution in [1.82, 2.24) is 25.1 Å². The van der Waals surface area contributed by atoms with Gasteiger partial charge in [0.1, 0.15) is 11.3 Å². The highest BCUT2D eigenvalue weighted by Crippen LogP contribution is 2.37. The number of rotatable bonds is 5.